The molecule has 0 bridgehead atoms. The third-order valence-electron chi connectivity index (χ3n) is 3.66. The lowest BCUT2D eigenvalue weighted by Crippen LogP contribution is -2.21. The van der Waals surface area contributed by atoms with Gasteiger partial charge in [-0.3, -0.25) is 4.79 Å². The molecule has 0 unspecified atom stereocenters. The summed E-state index contributed by atoms with van der Waals surface area (Å²) < 4.78 is 0. The van der Waals surface area contributed by atoms with Crippen LogP contribution in [0.5, 0.6) is 0 Å². The van der Waals surface area contributed by atoms with E-state index in [1.807, 2.05) is 12.1 Å². The first-order valence-electron chi connectivity index (χ1n) is 7.78. The zero-order valence-corrected chi connectivity index (χ0v) is 13.5. The highest BCUT2D eigenvalue weighted by atomic mass is 32.2. The van der Waals surface area contributed by atoms with E-state index in [4.69, 9.17) is 0 Å². The maximum Gasteiger partial charge on any atom is 0.250 e. The van der Waals surface area contributed by atoms with Crippen LogP contribution in [0.4, 0.5) is 0 Å². The van der Waals surface area contributed by atoms with Gasteiger partial charge in [-0.1, -0.05) is 37.0 Å². The summed E-state index contributed by atoms with van der Waals surface area (Å²) in [6, 6.07) is 8.23. The van der Waals surface area contributed by atoms with E-state index in [9.17, 15) is 4.79 Å². The number of rotatable bonds is 4. The number of hydrazone groups is 1. The average Bonchev–Trinajstić information content (AvgIpc) is 2.45. The van der Waals surface area contributed by atoms with Crippen molar-refractivity contribution in [2.24, 2.45) is 5.10 Å². The Hall–Kier alpha value is -1.29. The van der Waals surface area contributed by atoms with Crippen molar-refractivity contribution in [2.75, 3.05) is 5.75 Å². The van der Waals surface area contributed by atoms with E-state index >= 15 is 0 Å². The van der Waals surface area contributed by atoms with Crippen molar-refractivity contribution >= 4 is 23.4 Å². The summed E-state index contributed by atoms with van der Waals surface area (Å²) in [7, 11) is 0. The zero-order valence-electron chi connectivity index (χ0n) is 12.7. The predicted molar refractivity (Wildman–Crippen MR) is 89.8 cm³/mol. The largest absolute Gasteiger partial charge is 0.272 e. The summed E-state index contributed by atoms with van der Waals surface area (Å²) in [5.74, 6) is 0.398. The highest BCUT2D eigenvalue weighted by Crippen LogP contribution is 2.18. The lowest BCUT2D eigenvalue weighted by molar-refractivity contribution is -0.118. The average molecular weight is 304 g/mol. The normalized spacial score (nSPS) is 16.0. The minimum absolute atomic E-state index is 0.0184. The van der Waals surface area contributed by atoms with Gasteiger partial charge in [0.2, 0.25) is 5.91 Å². The fraction of sp³-hybridized carbons (Fsp3) is 0.529. The molecule has 0 spiro atoms. The summed E-state index contributed by atoms with van der Waals surface area (Å²) >= 11 is 1.55. The molecule has 4 heteroatoms. The van der Waals surface area contributed by atoms with Crippen molar-refractivity contribution in [2.45, 2.75) is 56.8 Å². The van der Waals surface area contributed by atoms with Gasteiger partial charge in [0.05, 0.1) is 5.75 Å². The summed E-state index contributed by atoms with van der Waals surface area (Å²) in [5.41, 5.74) is 5.10. The zero-order chi connectivity index (χ0) is 14.9. The highest BCUT2D eigenvalue weighted by molar-refractivity contribution is 8.00. The van der Waals surface area contributed by atoms with E-state index in [-0.39, 0.29) is 5.91 Å². The molecule has 1 aliphatic carbocycles. The number of benzene rings is 1. The van der Waals surface area contributed by atoms with Crippen molar-refractivity contribution in [1.29, 1.82) is 0 Å². The first kappa shape index (κ1) is 16.1. The molecule has 1 fully saturated rings. The molecule has 0 radical (unpaired) electrons. The van der Waals surface area contributed by atoms with Gasteiger partial charge in [-0.05, 0) is 44.7 Å². The van der Waals surface area contributed by atoms with Crippen LogP contribution in [0.15, 0.2) is 34.3 Å². The van der Waals surface area contributed by atoms with Crippen molar-refractivity contribution in [1.82, 2.24) is 5.43 Å². The summed E-state index contributed by atoms with van der Waals surface area (Å²) in [5, 5.41) is 4.31. The molecule has 114 valence electrons. The maximum atomic E-state index is 11.8. The van der Waals surface area contributed by atoms with Gasteiger partial charge in [0.15, 0.2) is 0 Å². The van der Waals surface area contributed by atoms with Crippen molar-refractivity contribution in [3.63, 3.8) is 0 Å². The Kier molecular flexibility index (Phi) is 6.80. The number of hydrogen-bond donors (Lipinski definition) is 1. The molecule has 1 aromatic rings. The van der Waals surface area contributed by atoms with Crippen LogP contribution in [0.3, 0.4) is 0 Å². The molecule has 21 heavy (non-hydrogen) atoms. The van der Waals surface area contributed by atoms with E-state index in [0.717, 1.165) is 23.4 Å². The maximum absolute atomic E-state index is 11.8. The first-order chi connectivity index (χ1) is 10.2. The second kappa shape index (κ2) is 8.88. The second-order valence-electron chi connectivity index (χ2n) is 5.58. The molecule has 0 heterocycles. The Balaban J connectivity index is 1.74. The molecular weight excluding hydrogens is 280 g/mol. The fourth-order valence-corrected chi connectivity index (χ4v) is 3.07. The molecular formula is C17H24N2OS. The van der Waals surface area contributed by atoms with E-state index in [1.165, 1.54) is 37.7 Å². The van der Waals surface area contributed by atoms with Crippen molar-refractivity contribution in [3.8, 4) is 0 Å². The minimum Gasteiger partial charge on any atom is -0.272 e. The van der Waals surface area contributed by atoms with Gasteiger partial charge >= 0.3 is 0 Å². The molecule has 0 aliphatic heterocycles. The first-order valence-corrected chi connectivity index (χ1v) is 8.76. The van der Waals surface area contributed by atoms with E-state index in [0.29, 0.717) is 5.75 Å². The smallest absolute Gasteiger partial charge is 0.250 e. The van der Waals surface area contributed by atoms with Gasteiger partial charge < -0.3 is 0 Å². The monoisotopic (exact) mass is 304 g/mol. The molecule has 1 amide bonds. The number of thioether (sulfide) groups is 1. The van der Waals surface area contributed by atoms with Gasteiger partial charge in [0, 0.05) is 10.6 Å². The van der Waals surface area contributed by atoms with Gasteiger partial charge in [0.25, 0.3) is 0 Å². The van der Waals surface area contributed by atoms with Gasteiger partial charge in [-0.2, -0.15) is 5.10 Å². The number of nitrogens with zero attached hydrogens (tertiary/aromatic N) is 1. The van der Waals surface area contributed by atoms with E-state index in [1.54, 1.807) is 11.8 Å². The molecule has 1 N–H and O–H groups in total. The molecule has 1 saturated carbocycles. The Morgan fingerprint density at radius 1 is 1.10 bits per heavy atom. The molecule has 1 aromatic carbocycles. The quantitative estimate of drug-likeness (QED) is 0.665. The van der Waals surface area contributed by atoms with Crippen LogP contribution in [0.2, 0.25) is 0 Å². The Morgan fingerprint density at radius 3 is 2.38 bits per heavy atom. The van der Waals surface area contributed by atoms with Crippen LogP contribution < -0.4 is 5.43 Å². The SMILES string of the molecule is Cc1ccc(SCC(=O)NN=C2CCCCCCC2)cc1. The van der Waals surface area contributed by atoms with Crippen LogP contribution in [-0.4, -0.2) is 17.4 Å². The van der Waals surface area contributed by atoms with Gasteiger partial charge in [0.1, 0.15) is 0 Å². The Labute approximate surface area is 131 Å². The molecule has 0 saturated heterocycles. The van der Waals surface area contributed by atoms with Crippen LogP contribution in [0.25, 0.3) is 0 Å². The van der Waals surface area contributed by atoms with Crippen LogP contribution in [0, 0.1) is 6.92 Å². The number of carbonyl (C=O) groups is 1. The number of hydrogen-bond acceptors (Lipinski definition) is 3. The number of nitrogens with one attached hydrogen (secondary N) is 1. The number of aryl methyl sites for hydroxylation is 1. The molecule has 1 aliphatic rings. The topological polar surface area (TPSA) is 41.5 Å². The van der Waals surface area contributed by atoms with Gasteiger partial charge in [-0.15, -0.1) is 11.8 Å². The highest BCUT2D eigenvalue weighted by Gasteiger charge is 2.06. The third-order valence-corrected chi connectivity index (χ3v) is 4.67. The van der Waals surface area contributed by atoms with Crippen molar-refractivity contribution < 1.29 is 4.79 Å². The Bertz CT molecular complexity index is 472. The summed E-state index contributed by atoms with van der Waals surface area (Å²) in [4.78, 5) is 13.0. The number of amides is 1. The van der Waals surface area contributed by atoms with Crippen LogP contribution in [0.1, 0.15) is 50.5 Å². The van der Waals surface area contributed by atoms with E-state index < -0.39 is 0 Å². The predicted octanol–water partition coefficient (Wildman–Crippen LogP) is 4.30. The third kappa shape index (κ3) is 6.34. The molecule has 0 atom stereocenters. The summed E-state index contributed by atoms with van der Waals surface area (Å²) in [6.45, 7) is 2.06. The molecule has 2 rings (SSSR count). The second-order valence-corrected chi connectivity index (χ2v) is 6.63. The summed E-state index contributed by atoms with van der Waals surface area (Å²) in [6.07, 6.45) is 8.38. The number of carbonyl (C=O) groups excluding carboxylic acids is 1. The Morgan fingerprint density at radius 2 is 1.71 bits per heavy atom. The van der Waals surface area contributed by atoms with Gasteiger partial charge in [-0.25, -0.2) is 5.43 Å². The van der Waals surface area contributed by atoms with Crippen LogP contribution in [-0.2, 0) is 4.79 Å². The lowest BCUT2D eigenvalue weighted by Gasteiger charge is -2.10. The van der Waals surface area contributed by atoms with Crippen molar-refractivity contribution in [3.05, 3.63) is 29.8 Å². The minimum atomic E-state index is -0.0184. The molecule has 3 nitrogen and oxygen atoms in total. The molecule has 0 aromatic heterocycles. The van der Waals surface area contributed by atoms with Crippen LogP contribution >= 0.6 is 11.8 Å². The standard InChI is InChI=1S/C17H24N2OS/c1-14-9-11-16(12-10-14)21-13-17(20)19-18-15-7-5-3-2-4-6-8-15/h9-12H,2-8,13H2,1H3,(H,19,20). The fourth-order valence-electron chi connectivity index (χ4n) is 2.38. The lowest BCUT2D eigenvalue weighted by atomic mass is 9.99. The van der Waals surface area contributed by atoms with E-state index in [2.05, 4.69) is 29.6 Å².